The minimum absolute atomic E-state index is 0.0700. The van der Waals surface area contributed by atoms with E-state index in [1.54, 1.807) is 13.1 Å². The van der Waals surface area contributed by atoms with Crippen molar-refractivity contribution < 1.29 is 0 Å². The average Bonchev–Trinajstić information content (AvgIpc) is 2.43. The molecule has 0 aliphatic heterocycles. The van der Waals surface area contributed by atoms with Crippen molar-refractivity contribution >= 4 is 17.3 Å². The quantitative estimate of drug-likeness (QED) is 0.392. The fourth-order valence-electron chi connectivity index (χ4n) is 2.18. The number of allylic oxidation sites excluding steroid dienone is 4. The lowest BCUT2D eigenvalue weighted by atomic mass is 9.85. The van der Waals surface area contributed by atoms with Gasteiger partial charge in [-0.2, -0.15) is 0 Å². The van der Waals surface area contributed by atoms with E-state index in [-0.39, 0.29) is 5.92 Å². The molecule has 1 atom stereocenters. The number of nitrogens with zero attached hydrogens (tertiary/aromatic N) is 1. The first-order valence-electron chi connectivity index (χ1n) is 6.43. The largest absolute Gasteiger partial charge is 0.288 e. The Hall–Kier alpha value is -1.82. The van der Waals surface area contributed by atoms with E-state index in [4.69, 9.17) is 11.6 Å². The van der Waals surface area contributed by atoms with E-state index >= 15 is 0 Å². The highest BCUT2D eigenvalue weighted by molar-refractivity contribution is 6.30. The van der Waals surface area contributed by atoms with Crippen LogP contribution in [-0.4, -0.2) is 12.8 Å². The van der Waals surface area contributed by atoms with Gasteiger partial charge in [0.25, 0.3) is 0 Å². The Balaban J connectivity index is 3.39. The van der Waals surface area contributed by atoms with E-state index in [0.717, 1.165) is 21.9 Å². The number of halogens is 1. The lowest BCUT2D eigenvalue weighted by molar-refractivity contribution is 1.02. The van der Waals surface area contributed by atoms with Gasteiger partial charge >= 0.3 is 0 Å². The van der Waals surface area contributed by atoms with Crippen molar-refractivity contribution in [3.05, 3.63) is 77.0 Å². The van der Waals surface area contributed by atoms with Gasteiger partial charge in [0, 0.05) is 24.1 Å². The molecule has 1 aromatic carbocycles. The molecule has 1 aromatic rings. The molecule has 0 aliphatic rings. The Kier molecular flexibility index (Phi) is 6.24. The van der Waals surface area contributed by atoms with Crippen molar-refractivity contribution in [1.82, 2.24) is 0 Å². The monoisotopic (exact) mass is 285 g/mol. The molecule has 0 aromatic heterocycles. The summed E-state index contributed by atoms with van der Waals surface area (Å²) in [6, 6.07) is 7.81. The number of hydrogen-bond acceptors (Lipinski definition) is 1. The van der Waals surface area contributed by atoms with Crippen LogP contribution in [0.4, 0.5) is 0 Å². The van der Waals surface area contributed by atoms with Crippen LogP contribution in [0.15, 0.2) is 71.4 Å². The predicted octanol–water partition coefficient (Wildman–Crippen LogP) is 5.36. The summed E-state index contributed by atoms with van der Waals surface area (Å²) < 4.78 is 0. The van der Waals surface area contributed by atoms with Gasteiger partial charge in [0.15, 0.2) is 0 Å². The normalized spacial score (nSPS) is 12.3. The second-order valence-electron chi connectivity index (χ2n) is 4.64. The molecule has 0 spiro atoms. The lowest BCUT2D eigenvalue weighted by Crippen LogP contribution is -2.10. The Morgan fingerprint density at radius 2 is 1.90 bits per heavy atom. The van der Waals surface area contributed by atoms with E-state index < -0.39 is 0 Å². The molecule has 0 saturated heterocycles. The van der Waals surface area contributed by atoms with Gasteiger partial charge in [-0.3, -0.25) is 4.99 Å². The van der Waals surface area contributed by atoms with Gasteiger partial charge in [-0.05, 0) is 37.1 Å². The van der Waals surface area contributed by atoms with Gasteiger partial charge in [0.1, 0.15) is 0 Å². The van der Waals surface area contributed by atoms with E-state index in [2.05, 4.69) is 37.7 Å². The maximum Gasteiger partial charge on any atom is 0.0688 e. The lowest BCUT2D eigenvalue weighted by Gasteiger charge is -2.19. The zero-order valence-corrected chi connectivity index (χ0v) is 13.0. The molecular weight excluding hydrogens is 266 g/mol. The van der Waals surface area contributed by atoms with Crippen molar-refractivity contribution in [3.63, 3.8) is 0 Å². The van der Waals surface area contributed by atoms with E-state index in [0.29, 0.717) is 0 Å². The van der Waals surface area contributed by atoms with Crippen molar-refractivity contribution in [2.45, 2.75) is 19.8 Å². The van der Waals surface area contributed by atoms with Crippen LogP contribution in [0.2, 0.25) is 5.02 Å². The van der Waals surface area contributed by atoms with E-state index in [1.807, 2.05) is 30.3 Å². The Morgan fingerprint density at radius 1 is 1.30 bits per heavy atom. The molecule has 20 heavy (non-hydrogen) atoms. The highest BCUT2D eigenvalue weighted by Gasteiger charge is 2.18. The first-order chi connectivity index (χ1) is 9.54. The van der Waals surface area contributed by atoms with Crippen LogP contribution >= 0.6 is 11.6 Å². The third-order valence-corrected chi connectivity index (χ3v) is 3.32. The molecule has 0 radical (unpaired) electrons. The van der Waals surface area contributed by atoms with E-state index in [1.165, 1.54) is 5.57 Å². The fraction of sp³-hybridized carbons (Fsp3) is 0.222. The summed E-state index contributed by atoms with van der Waals surface area (Å²) in [5.74, 6) is 0.0700. The highest BCUT2D eigenvalue weighted by Crippen LogP contribution is 2.30. The number of aliphatic imine (C=N–C) groups is 1. The summed E-state index contributed by atoms with van der Waals surface area (Å²) >= 11 is 5.96. The van der Waals surface area contributed by atoms with Crippen LogP contribution in [0.5, 0.6) is 0 Å². The highest BCUT2D eigenvalue weighted by atomic mass is 35.5. The minimum Gasteiger partial charge on any atom is -0.288 e. The Bertz CT molecular complexity index is 580. The van der Waals surface area contributed by atoms with Crippen LogP contribution in [0, 0.1) is 0 Å². The molecule has 104 valence electrons. The maximum atomic E-state index is 5.96. The smallest absolute Gasteiger partial charge is 0.0688 e. The molecule has 0 heterocycles. The van der Waals surface area contributed by atoms with Crippen LogP contribution in [0.1, 0.15) is 25.3 Å². The summed E-state index contributed by atoms with van der Waals surface area (Å²) in [6.45, 7) is 11.7. The van der Waals surface area contributed by atoms with Crippen molar-refractivity contribution in [2.24, 2.45) is 4.99 Å². The van der Waals surface area contributed by atoms with Crippen LogP contribution < -0.4 is 0 Å². The zero-order chi connectivity index (χ0) is 15.1. The molecule has 0 N–H and O–H groups in total. The van der Waals surface area contributed by atoms with E-state index in [9.17, 15) is 0 Å². The molecule has 0 bridgehead atoms. The Labute approximate surface area is 126 Å². The average molecular weight is 286 g/mol. The summed E-state index contributed by atoms with van der Waals surface area (Å²) in [5, 5.41) is 0.727. The minimum atomic E-state index is 0.0700. The van der Waals surface area contributed by atoms with Crippen molar-refractivity contribution in [3.8, 4) is 0 Å². The summed E-state index contributed by atoms with van der Waals surface area (Å²) in [6.07, 6.45) is 3.72. The molecule has 2 heteroatoms. The van der Waals surface area contributed by atoms with Gasteiger partial charge in [-0.25, -0.2) is 0 Å². The zero-order valence-electron chi connectivity index (χ0n) is 12.3. The standard InChI is InChI=1S/C18H20ClN/c1-6-8-17(20-5)18(13(3)4)16(7-2)14-9-11-15(19)12-10-14/h7-12,16H,1-2H2,3-5H3. The molecule has 1 nitrogen and oxygen atoms in total. The first-order valence-corrected chi connectivity index (χ1v) is 6.81. The molecule has 0 aliphatic carbocycles. The predicted molar refractivity (Wildman–Crippen MR) is 89.8 cm³/mol. The summed E-state index contributed by atoms with van der Waals surface area (Å²) in [7, 11) is 1.77. The Morgan fingerprint density at radius 3 is 2.30 bits per heavy atom. The summed E-state index contributed by atoms with van der Waals surface area (Å²) in [4.78, 5) is 4.34. The molecule has 0 fully saturated rings. The number of rotatable bonds is 5. The third kappa shape index (κ3) is 3.84. The van der Waals surface area contributed by atoms with Crippen LogP contribution in [-0.2, 0) is 0 Å². The molecule has 1 unspecified atom stereocenters. The molecule has 0 amide bonds. The van der Waals surface area contributed by atoms with Crippen molar-refractivity contribution in [2.75, 3.05) is 7.05 Å². The van der Waals surface area contributed by atoms with Crippen LogP contribution in [0.25, 0.3) is 0 Å². The topological polar surface area (TPSA) is 12.4 Å². The molecule has 1 rings (SSSR count). The second-order valence-corrected chi connectivity index (χ2v) is 5.07. The van der Waals surface area contributed by atoms with Gasteiger partial charge in [0.05, 0.1) is 5.71 Å². The van der Waals surface area contributed by atoms with Gasteiger partial charge in [0.2, 0.25) is 0 Å². The first kappa shape index (κ1) is 16.2. The maximum absolute atomic E-state index is 5.96. The van der Waals surface area contributed by atoms with Gasteiger partial charge in [-0.1, -0.05) is 42.0 Å². The fourth-order valence-corrected chi connectivity index (χ4v) is 2.30. The third-order valence-electron chi connectivity index (χ3n) is 3.07. The second kappa shape index (κ2) is 7.69. The van der Waals surface area contributed by atoms with Crippen LogP contribution in [0.3, 0.4) is 0 Å². The SMILES string of the molecule is C=C=CC(=NC)C(=C(C)C)C(C=C)c1ccc(Cl)cc1. The van der Waals surface area contributed by atoms with Crippen molar-refractivity contribution in [1.29, 1.82) is 0 Å². The van der Waals surface area contributed by atoms with Gasteiger partial charge in [-0.15, -0.1) is 12.3 Å². The molecule has 0 saturated carbocycles. The summed E-state index contributed by atoms with van der Waals surface area (Å²) in [5.41, 5.74) is 7.13. The number of hydrogen-bond donors (Lipinski definition) is 0. The molecular formula is C18H20ClN. The number of benzene rings is 1. The van der Waals surface area contributed by atoms with Gasteiger partial charge < -0.3 is 0 Å².